The van der Waals surface area contributed by atoms with Crippen LogP contribution in [-0.2, 0) is 16.0 Å². The molecule has 2 heteroatoms. The maximum Gasteiger partial charge on any atom is 0.305 e. The SMILES string of the molecule is COC(=O)CCc1[c]c(C)ccc1. The number of carbonyl (C=O) groups excluding carboxylic acids is 1. The number of benzene rings is 1. The number of ether oxygens (including phenoxy) is 1. The van der Waals surface area contributed by atoms with Crippen LogP contribution in [0.1, 0.15) is 17.5 Å². The van der Waals surface area contributed by atoms with Crippen molar-refractivity contribution in [1.29, 1.82) is 0 Å². The third-order valence-corrected chi connectivity index (χ3v) is 1.83. The Morgan fingerprint density at radius 2 is 2.31 bits per heavy atom. The highest BCUT2D eigenvalue weighted by atomic mass is 16.5. The number of hydrogen-bond acceptors (Lipinski definition) is 2. The Balaban J connectivity index is 2.50. The molecule has 0 aromatic heterocycles. The predicted molar refractivity (Wildman–Crippen MR) is 50.4 cm³/mol. The zero-order valence-electron chi connectivity index (χ0n) is 7.96. The van der Waals surface area contributed by atoms with Crippen LogP contribution in [0, 0.1) is 13.0 Å². The Morgan fingerprint density at radius 1 is 1.54 bits per heavy atom. The fraction of sp³-hybridized carbons (Fsp3) is 0.364. The van der Waals surface area contributed by atoms with E-state index >= 15 is 0 Å². The number of rotatable bonds is 3. The van der Waals surface area contributed by atoms with Gasteiger partial charge in [0.1, 0.15) is 0 Å². The van der Waals surface area contributed by atoms with E-state index in [1.807, 2.05) is 25.1 Å². The number of hydrogen-bond donors (Lipinski definition) is 0. The number of carbonyl (C=O) groups is 1. The van der Waals surface area contributed by atoms with Gasteiger partial charge in [0, 0.05) is 6.42 Å². The molecule has 0 aliphatic heterocycles. The minimum atomic E-state index is -0.171. The molecule has 0 bridgehead atoms. The van der Waals surface area contributed by atoms with Crippen LogP contribution in [0.4, 0.5) is 0 Å². The molecule has 1 aromatic carbocycles. The summed E-state index contributed by atoms with van der Waals surface area (Å²) >= 11 is 0. The van der Waals surface area contributed by atoms with E-state index in [1.54, 1.807) is 0 Å². The third-order valence-electron chi connectivity index (χ3n) is 1.83. The molecule has 0 saturated heterocycles. The van der Waals surface area contributed by atoms with Gasteiger partial charge in [-0.3, -0.25) is 4.79 Å². The molecule has 0 amide bonds. The fourth-order valence-corrected chi connectivity index (χ4v) is 1.13. The van der Waals surface area contributed by atoms with Gasteiger partial charge >= 0.3 is 5.97 Å². The van der Waals surface area contributed by atoms with Crippen LogP contribution in [0.2, 0.25) is 0 Å². The minimum absolute atomic E-state index is 0.171. The highest BCUT2D eigenvalue weighted by Crippen LogP contribution is 2.05. The summed E-state index contributed by atoms with van der Waals surface area (Å²) in [6.45, 7) is 1.99. The lowest BCUT2D eigenvalue weighted by Gasteiger charge is -2.00. The van der Waals surface area contributed by atoms with Gasteiger partial charge < -0.3 is 4.74 Å². The Kier molecular flexibility index (Phi) is 3.50. The predicted octanol–water partition coefficient (Wildman–Crippen LogP) is 1.90. The summed E-state index contributed by atoms with van der Waals surface area (Å²) in [6, 6.07) is 9.11. The van der Waals surface area contributed by atoms with Crippen molar-refractivity contribution < 1.29 is 9.53 Å². The summed E-state index contributed by atoms with van der Waals surface area (Å²) in [7, 11) is 1.41. The van der Waals surface area contributed by atoms with E-state index in [4.69, 9.17) is 0 Å². The van der Waals surface area contributed by atoms with Crippen molar-refractivity contribution in [3.8, 4) is 0 Å². The lowest BCUT2D eigenvalue weighted by molar-refractivity contribution is -0.140. The van der Waals surface area contributed by atoms with Gasteiger partial charge in [-0.25, -0.2) is 0 Å². The van der Waals surface area contributed by atoms with Gasteiger partial charge in [-0.2, -0.15) is 0 Å². The van der Waals surface area contributed by atoms with Gasteiger partial charge in [0.15, 0.2) is 0 Å². The van der Waals surface area contributed by atoms with Crippen LogP contribution in [-0.4, -0.2) is 13.1 Å². The molecule has 0 atom stereocenters. The van der Waals surface area contributed by atoms with Gasteiger partial charge in [-0.1, -0.05) is 18.2 Å². The molecule has 0 aliphatic carbocycles. The van der Waals surface area contributed by atoms with Crippen molar-refractivity contribution in [1.82, 2.24) is 0 Å². The highest BCUT2D eigenvalue weighted by Gasteiger charge is 2.00. The highest BCUT2D eigenvalue weighted by molar-refractivity contribution is 5.69. The molecule has 1 radical (unpaired) electrons. The average molecular weight is 177 g/mol. The average Bonchev–Trinajstić information content (AvgIpc) is 2.14. The van der Waals surface area contributed by atoms with E-state index in [0.717, 1.165) is 11.1 Å². The number of esters is 1. The summed E-state index contributed by atoms with van der Waals surface area (Å²) in [5, 5.41) is 0. The van der Waals surface area contributed by atoms with E-state index in [0.29, 0.717) is 12.8 Å². The van der Waals surface area contributed by atoms with Crippen LogP contribution < -0.4 is 0 Å². The molecule has 1 aromatic rings. The first-order valence-corrected chi connectivity index (χ1v) is 4.27. The molecule has 0 N–H and O–H groups in total. The topological polar surface area (TPSA) is 26.3 Å². The first-order chi connectivity index (χ1) is 6.22. The first kappa shape index (κ1) is 9.78. The summed E-state index contributed by atoms with van der Waals surface area (Å²) < 4.78 is 4.55. The second-order valence-corrected chi connectivity index (χ2v) is 2.94. The van der Waals surface area contributed by atoms with Gasteiger partial charge in [0.05, 0.1) is 7.11 Å². The normalized spacial score (nSPS) is 9.69. The lowest BCUT2D eigenvalue weighted by atomic mass is 10.1. The fourth-order valence-electron chi connectivity index (χ4n) is 1.13. The molecule has 2 nitrogen and oxygen atoms in total. The molecule has 0 unspecified atom stereocenters. The van der Waals surface area contributed by atoms with Gasteiger partial charge in [0.25, 0.3) is 0 Å². The van der Waals surface area contributed by atoms with E-state index in [-0.39, 0.29) is 5.97 Å². The maximum absolute atomic E-state index is 10.8. The second-order valence-electron chi connectivity index (χ2n) is 2.94. The van der Waals surface area contributed by atoms with E-state index in [2.05, 4.69) is 10.8 Å². The van der Waals surface area contributed by atoms with Crippen molar-refractivity contribution in [2.24, 2.45) is 0 Å². The monoisotopic (exact) mass is 177 g/mol. The molecule has 0 heterocycles. The lowest BCUT2D eigenvalue weighted by Crippen LogP contribution is -2.01. The van der Waals surface area contributed by atoms with Crippen molar-refractivity contribution in [3.63, 3.8) is 0 Å². The van der Waals surface area contributed by atoms with Gasteiger partial charge in [0.2, 0.25) is 0 Å². The van der Waals surface area contributed by atoms with Crippen LogP contribution >= 0.6 is 0 Å². The summed E-state index contributed by atoms with van der Waals surface area (Å²) in [4.78, 5) is 10.8. The summed E-state index contributed by atoms with van der Waals surface area (Å²) in [5.41, 5.74) is 2.16. The Hall–Kier alpha value is -1.31. The molecule has 13 heavy (non-hydrogen) atoms. The quantitative estimate of drug-likeness (QED) is 0.659. The standard InChI is InChI=1S/C11H13O2/c1-9-4-3-5-10(8-9)6-7-11(12)13-2/h3-5H,6-7H2,1-2H3. The molecular weight excluding hydrogens is 164 g/mol. The van der Waals surface area contributed by atoms with Gasteiger partial charge in [-0.05, 0) is 30.5 Å². The molecule has 0 spiro atoms. The van der Waals surface area contributed by atoms with Crippen molar-refractivity contribution >= 4 is 5.97 Å². The van der Waals surface area contributed by atoms with E-state index in [9.17, 15) is 4.79 Å². The van der Waals surface area contributed by atoms with E-state index < -0.39 is 0 Å². The maximum atomic E-state index is 10.8. The Labute approximate surface area is 78.5 Å². The number of aryl methyl sites for hydroxylation is 2. The van der Waals surface area contributed by atoms with Crippen molar-refractivity contribution in [2.75, 3.05) is 7.11 Å². The molecule has 0 fully saturated rings. The van der Waals surface area contributed by atoms with Crippen LogP contribution in [0.15, 0.2) is 18.2 Å². The first-order valence-electron chi connectivity index (χ1n) is 4.27. The van der Waals surface area contributed by atoms with E-state index in [1.165, 1.54) is 7.11 Å². The van der Waals surface area contributed by atoms with Crippen molar-refractivity contribution in [2.45, 2.75) is 19.8 Å². The molecule has 69 valence electrons. The second kappa shape index (κ2) is 4.65. The van der Waals surface area contributed by atoms with Crippen molar-refractivity contribution in [3.05, 3.63) is 35.4 Å². The molecule has 0 saturated carbocycles. The largest absolute Gasteiger partial charge is 0.469 e. The van der Waals surface area contributed by atoms with Crippen LogP contribution in [0.3, 0.4) is 0 Å². The summed E-state index contributed by atoms with van der Waals surface area (Å²) in [5.74, 6) is -0.171. The molecule has 1 rings (SSSR count). The number of methoxy groups -OCH3 is 1. The zero-order valence-corrected chi connectivity index (χ0v) is 7.96. The Morgan fingerprint density at radius 3 is 2.92 bits per heavy atom. The van der Waals surface area contributed by atoms with Crippen LogP contribution in [0.25, 0.3) is 0 Å². The van der Waals surface area contributed by atoms with Crippen LogP contribution in [0.5, 0.6) is 0 Å². The van der Waals surface area contributed by atoms with Gasteiger partial charge in [-0.15, -0.1) is 0 Å². The summed E-state index contributed by atoms with van der Waals surface area (Å²) in [6.07, 6.45) is 1.13. The third kappa shape index (κ3) is 3.28. The smallest absolute Gasteiger partial charge is 0.305 e. The minimum Gasteiger partial charge on any atom is -0.469 e. The zero-order chi connectivity index (χ0) is 9.68. The molecule has 0 aliphatic rings. The Bertz CT molecular complexity index is 292. The molecular formula is C11H13O2.